The Kier molecular flexibility index (Phi) is 4.90. The van der Waals surface area contributed by atoms with Gasteiger partial charge in [-0.25, -0.2) is 13.8 Å². The zero-order chi connectivity index (χ0) is 19.7. The number of carbonyl (C=O) groups excluding carboxylic acids is 1. The highest BCUT2D eigenvalue weighted by atomic mass is 32.2. The summed E-state index contributed by atoms with van der Waals surface area (Å²) in [5, 5.41) is 13.6. The molecule has 2 atom stereocenters. The third-order valence-corrected chi connectivity index (χ3v) is 5.74. The van der Waals surface area contributed by atoms with Crippen molar-refractivity contribution in [2.24, 2.45) is 0 Å². The van der Waals surface area contributed by atoms with Gasteiger partial charge >= 0.3 is 0 Å². The van der Waals surface area contributed by atoms with Gasteiger partial charge < -0.3 is 15.4 Å². The Bertz CT molecular complexity index is 927. The van der Waals surface area contributed by atoms with E-state index < -0.39 is 28.5 Å². The van der Waals surface area contributed by atoms with Crippen LogP contribution in [0.1, 0.15) is 28.9 Å². The first-order chi connectivity index (χ1) is 13.5. The second-order valence-corrected chi connectivity index (χ2v) is 7.38. The van der Waals surface area contributed by atoms with E-state index in [1.165, 1.54) is 36.2 Å². The third kappa shape index (κ3) is 3.40. The van der Waals surface area contributed by atoms with Gasteiger partial charge in [-0.15, -0.1) is 0 Å². The molecule has 2 fully saturated rings. The molecule has 10 heteroatoms. The van der Waals surface area contributed by atoms with Crippen molar-refractivity contribution in [3.8, 4) is 0 Å². The fraction of sp³-hybridized carbons (Fsp3) is 0.278. The number of carbonyl (C=O) groups is 1. The summed E-state index contributed by atoms with van der Waals surface area (Å²) < 4.78 is 36.4. The number of fused-ring (bicyclic) bond motifs is 1. The summed E-state index contributed by atoms with van der Waals surface area (Å²) in [4.78, 5) is 16.1. The van der Waals surface area contributed by atoms with Crippen LogP contribution in [-0.4, -0.2) is 28.9 Å². The van der Waals surface area contributed by atoms with Crippen LogP contribution in [0.25, 0.3) is 0 Å². The van der Waals surface area contributed by atoms with Gasteiger partial charge in [0.05, 0.1) is 6.20 Å². The van der Waals surface area contributed by atoms with E-state index in [-0.39, 0.29) is 11.7 Å². The number of guanidine groups is 1. The average Bonchev–Trinajstić information content (AvgIpc) is 2.69. The molecule has 2 saturated heterocycles. The number of nitrogens with one attached hydrogen (secondary N) is 4. The highest BCUT2D eigenvalue weighted by Gasteiger charge is 2.49. The number of aromatic nitrogens is 1. The largest absolute Gasteiger partial charge is 0.363 e. The smallest absolute Gasteiger partial charge is 0.274 e. The molecule has 2 aromatic rings. The van der Waals surface area contributed by atoms with Gasteiger partial charge in [-0.3, -0.25) is 14.9 Å². The van der Waals surface area contributed by atoms with Crippen LogP contribution in [0, 0.1) is 17.0 Å². The summed E-state index contributed by atoms with van der Waals surface area (Å²) in [6, 6.07) is 6.65. The predicted molar refractivity (Wildman–Crippen MR) is 101 cm³/mol. The second-order valence-electron chi connectivity index (χ2n) is 6.51. The molecule has 0 aliphatic carbocycles. The second kappa shape index (κ2) is 7.36. The minimum atomic E-state index is -0.926. The standard InChI is InChI=1S/C18H17F2N5O2S/c19-10-2-5-14(22-9-10)15(26)23-11-3-4-13(20)12(8-11)18-6-1-7-27-16(18)28-25-17(21)24-18/h2-5,8-9,16H,1,6-7H2,(H,23,26)(H3,21,24,25). The van der Waals surface area contributed by atoms with E-state index in [1.54, 1.807) is 0 Å². The fourth-order valence-electron chi connectivity index (χ4n) is 3.40. The van der Waals surface area contributed by atoms with Crippen molar-refractivity contribution in [3.05, 3.63) is 59.4 Å². The van der Waals surface area contributed by atoms with Gasteiger partial charge in [-0.1, -0.05) is 0 Å². The maximum atomic E-state index is 14.8. The highest BCUT2D eigenvalue weighted by molar-refractivity contribution is 7.98. The Hall–Kier alpha value is -2.72. The number of anilines is 1. The SMILES string of the molecule is N=C1NSC2OCCCC2(c2cc(NC(=O)c3ccc(F)cn3)ccc2F)N1. The van der Waals surface area contributed by atoms with Crippen molar-refractivity contribution >= 4 is 29.5 Å². The maximum absolute atomic E-state index is 14.8. The fourth-order valence-corrected chi connectivity index (χ4v) is 4.34. The van der Waals surface area contributed by atoms with E-state index in [0.29, 0.717) is 30.7 Å². The van der Waals surface area contributed by atoms with Crippen LogP contribution in [0.2, 0.25) is 0 Å². The number of pyridine rings is 1. The number of hydrogen-bond acceptors (Lipinski definition) is 5. The molecule has 1 amide bonds. The summed E-state index contributed by atoms with van der Waals surface area (Å²) in [5.41, 5.74) is -0.649. The minimum absolute atomic E-state index is 0.0432. The molecule has 0 radical (unpaired) electrons. The Morgan fingerprint density at radius 1 is 1.36 bits per heavy atom. The number of rotatable bonds is 3. The molecule has 4 rings (SSSR count). The first-order valence-electron chi connectivity index (χ1n) is 8.61. The number of hydrogen-bond donors (Lipinski definition) is 4. The van der Waals surface area contributed by atoms with E-state index in [0.717, 1.165) is 12.3 Å². The van der Waals surface area contributed by atoms with E-state index in [4.69, 9.17) is 10.1 Å². The number of halogens is 2. The first-order valence-corrected chi connectivity index (χ1v) is 9.49. The molecule has 2 aliphatic rings. The Balaban J connectivity index is 1.65. The van der Waals surface area contributed by atoms with Gasteiger partial charge in [0.1, 0.15) is 28.3 Å². The molecular weight excluding hydrogens is 388 g/mol. The van der Waals surface area contributed by atoms with Crippen molar-refractivity contribution in [1.82, 2.24) is 15.0 Å². The van der Waals surface area contributed by atoms with Crippen molar-refractivity contribution in [2.75, 3.05) is 11.9 Å². The number of benzene rings is 1. The third-order valence-electron chi connectivity index (χ3n) is 4.67. The molecule has 1 aromatic heterocycles. The molecule has 4 N–H and O–H groups in total. The van der Waals surface area contributed by atoms with Crippen LogP contribution in [-0.2, 0) is 10.3 Å². The van der Waals surface area contributed by atoms with Crippen LogP contribution in [0.5, 0.6) is 0 Å². The van der Waals surface area contributed by atoms with E-state index >= 15 is 0 Å². The lowest BCUT2D eigenvalue weighted by molar-refractivity contribution is -0.00149. The normalized spacial score (nSPS) is 23.9. The summed E-state index contributed by atoms with van der Waals surface area (Å²) in [6.07, 6.45) is 2.23. The van der Waals surface area contributed by atoms with Crippen molar-refractivity contribution < 1.29 is 18.3 Å². The molecule has 0 saturated carbocycles. The first kappa shape index (κ1) is 18.6. The van der Waals surface area contributed by atoms with Crippen LogP contribution < -0.4 is 15.4 Å². The number of amides is 1. The zero-order valence-electron chi connectivity index (χ0n) is 14.6. The summed E-state index contributed by atoms with van der Waals surface area (Å²) >= 11 is 1.22. The van der Waals surface area contributed by atoms with Gasteiger partial charge in [0.15, 0.2) is 5.96 Å². The molecule has 2 unspecified atom stereocenters. The van der Waals surface area contributed by atoms with Gasteiger partial charge in [-0.05, 0) is 55.1 Å². The summed E-state index contributed by atoms with van der Waals surface area (Å²) in [7, 11) is 0. The summed E-state index contributed by atoms with van der Waals surface area (Å²) in [6.45, 7) is 0.546. The topological polar surface area (TPSA) is 99.1 Å². The van der Waals surface area contributed by atoms with Crippen molar-refractivity contribution in [2.45, 2.75) is 23.8 Å². The quantitative estimate of drug-likeness (QED) is 0.586. The zero-order valence-corrected chi connectivity index (χ0v) is 15.4. The van der Waals surface area contributed by atoms with Gasteiger partial charge in [0.25, 0.3) is 5.91 Å². The van der Waals surface area contributed by atoms with Gasteiger partial charge in [0.2, 0.25) is 0 Å². The van der Waals surface area contributed by atoms with Crippen molar-refractivity contribution in [3.63, 3.8) is 0 Å². The lowest BCUT2D eigenvalue weighted by atomic mass is 9.83. The molecular formula is C18H17F2N5O2S. The predicted octanol–water partition coefficient (Wildman–Crippen LogP) is 2.72. The van der Waals surface area contributed by atoms with Crippen LogP contribution in [0.4, 0.5) is 14.5 Å². The molecule has 0 bridgehead atoms. The molecule has 146 valence electrons. The molecule has 0 spiro atoms. The minimum Gasteiger partial charge on any atom is -0.363 e. The Morgan fingerprint density at radius 3 is 3.00 bits per heavy atom. The molecule has 2 aliphatic heterocycles. The molecule has 28 heavy (non-hydrogen) atoms. The molecule has 1 aromatic carbocycles. The molecule has 7 nitrogen and oxygen atoms in total. The maximum Gasteiger partial charge on any atom is 0.274 e. The lowest BCUT2D eigenvalue weighted by Crippen LogP contribution is -2.62. The highest BCUT2D eigenvalue weighted by Crippen LogP contribution is 2.43. The van der Waals surface area contributed by atoms with E-state index in [2.05, 4.69) is 20.3 Å². The van der Waals surface area contributed by atoms with E-state index in [1.807, 2.05) is 0 Å². The van der Waals surface area contributed by atoms with Crippen LogP contribution in [0.15, 0.2) is 36.5 Å². The number of ether oxygens (including phenoxy) is 1. The summed E-state index contributed by atoms with van der Waals surface area (Å²) in [5.74, 6) is -1.47. The number of nitrogens with zero attached hydrogens (tertiary/aromatic N) is 1. The van der Waals surface area contributed by atoms with Gasteiger partial charge in [0, 0.05) is 17.9 Å². The monoisotopic (exact) mass is 405 g/mol. The average molecular weight is 405 g/mol. The van der Waals surface area contributed by atoms with Crippen LogP contribution >= 0.6 is 11.9 Å². The Labute approximate surface area is 163 Å². The van der Waals surface area contributed by atoms with Gasteiger partial charge in [-0.2, -0.15) is 0 Å². The Morgan fingerprint density at radius 2 is 2.21 bits per heavy atom. The van der Waals surface area contributed by atoms with Crippen LogP contribution in [0.3, 0.4) is 0 Å². The van der Waals surface area contributed by atoms with E-state index in [9.17, 15) is 13.6 Å². The van der Waals surface area contributed by atoms with Crippen molar-refractivity contribution in [1.29, 1.82) is 5.41 Å². The lowest BCUT2D eigenvalue weighted by Gasteiger charge is -2.47. The molecule has 3 heterocycles.